The van der Waals surface area contributed by atoms with E-state index in [1.165, 1.54) is 42.4 Å². The van der Waals surface area contributed by atoms with E-state index in [4.69, 9.17) is 12.2 Å². The van der Waals surface area contributed by atoms with Crippen LogP contribution in [0.15, 0.2) is 24.3 Å². The van der Waals surface area contributed by atoms with Gasteiger partial charge in [0.05, 0.1) is 10.7 Å². The Morgan fingerprint density at radius 3 is 2.43 bits per heavy atom. The van der Waals surface area contributed by atoms with E-state index in [-0.39, 0.29) is 17.2 Å². The van der Waals surface area contributed by atoms with Gasteiger partial charge in [-0.2, -0.15) is 0 Å². The number of hydrogen-bond donors (Lipinski definition) is 0. The number of benzene rings is 1. The lowest BCUT2D eigenvalue weighted by atomic mass is 10.1. The van der Waals surface area contributed by atoms with Gasteiger partial charge in [-0.25, -0.2) is 0 Å². The van der Waals surface area contributed by atoms with Crippen LogP contribution in [0.5, 0.6) is 0 Å². The highest BCUT2D eigenvalue weighted by Gasteiger charge is 2.16. The van der Waals surface area contributed by atoms with Crippen molar-refractivity contribution in [2.75, 3.05) is 18.8 Å². The average molecular weight is 324 g/mol. The SMILES string of the molecule is O=C(CSC(=S)N1CCCCC1)c1ccc([N+](=O)[O-])cc1. The Kier molecular flexibility index (Phi) is 5.69. The Bertz CT molecular complexity index is 540. The van der Waals surface area contributed by atoms with E-state index < -0.39 is 4.92 Å². The summed E-state index contributed by atoms with van der Waals surface area (Å²) < 4.78 is 0.768. The van der Waals surface area contributed by atoms with Crippen molar-refractivity contribution in [1.82, 2.24) is 4.90 Å². The van der Waals surface area contributed by atoms with Crippen LogP contribution in [0.1, 0.15) is 29.6 Å². The zero-order valence-corrected chi connectivity index (χ0v) is 13.1. The number of piperidine rings is 1. The van der Waals surface area contributed by atoms with E-state index in [0.717, 1.165) is 30.3 Å². The molecule has 0 unspecified atom stereocenters. The Morgan fingerprint density at radius 1 is 1.24 bits per heavy atom. The topological polar surface area (TPSA) is 63.5 Å². The van der Waals surface area contributed by atoms with Crippen molar-refractivity contribution in [1.29, 1.82) is 0 Å². The Hall–Kier alpha value is -1.47. The van der Waals surface area contributed by atoms with Crippen LogP contribution in [0.25, 0.3) is 0 Å². The number of nitro groups is 1. The maximum Gasteiger partial charge on any atom is 0.269 e. The van der Waals surface area contributed by atoms with E-state index in [0.29, 0.717) is 5.56 Å². The minimum atomic E-state index is -0.478. The highest BCUT2D eigenvalue weighted by Crippen LogP contribution is 2.18. The summed E-state index contributed by atoms with van der Waals surface area (Å²) in [6, 6.07) is 5.68. The minimum Gasteiger partial charge on any atom is -0.358 e. The number of non-ortho nitro benzene ring substituents is 1. The van der Waals surface area contributed by atoms with Crippen molar-refractivity contribution >= 4 is 39.8 Å². The van der Waals surface area contributed by atoms with Crippen LogP contribution in [0.3, 0.4) is 0 Å². The Morgan fingerprint density at radius 2 is 1.86 bits per heavy atom. The molecular formula is C14H16N2O3S2. The number of Topliss-reactive ketones (excluding diaryl/α,β-unsaturated/α-hetero) is 1. The predicted molar refractivity (Wildman–Crippen MR) is 87.9 cm³/mol. The standard InChI is InChI=1S/C14H16N2O3S2/c17-13(11-4-6-12(7-5-11)16(18)19)10-21-14(20)15-8-2-1-3-9-15/h4-7H,1-3,8-10H2. The van der Waals surface area contributed by atoms with E-state index in [1.54, 1.807) is 0 Å². The van der Waals surface area contributed by atoms with Gasteiger partial charge in [0.2, 0.25) is 0 Å². The van der Waals surface area contributed by atoms with Gasteiger partial charge in [0.1, 0.15) is 4.32 Å². The maximum absolute atomic E-state index is 12.0. The summed E-state index contributed by atoms with van der Waals surface area (Å²) in [5.41, 5.74) is 0.470. The lowest BCUT2D eigenvalue weighted by Gasteiger charge is -2.28. The number of thiocarbonyl (C=S) groups is 1. The fraction of sp³-hybridized carbons (Fsp3) is 0.429. The summed E-state index contributed by atoms with van der Waals surface area (Å²) in [5, 5.41) is 10.6. The quantitative estimate of drug-likeness (QED) is 0.366. The largest absolute Gasteiger partial charge is 0.358 e. The summed E-state index contributed by atoms with van der Waals surface area (Å²) >= 11 is 6.72. The average Bonchev–Trinajstić information content (AvgIpc) is 2.53. The monoisotopic (exact) mass is 324 g/mol. The molecule has 1 aliphatic rings. The molecule has 112 valence electrons. The molecule has 0 aliphatic carbocycles. The van der Waals surface area contributed by atoms with Crippen molar-refractivity contribution in [3.8, 4) is 0 Å². The number of carbonyl (C=O) groups excluding carboxylic acids is 1. The van der Waals surface area contributed by atoms with Gasteiger partial charge in [-0.05, 0) is 31.4 Å². The van der Waals surface area contributed by atoms with E-state index >= 15 is 0 Å². The highest BCUT2D eigenvalue weighted by atomic mass is 32.2. The second-order valence-corrected chi connectivity index (χ2v) is 6.44. The molecule has 1 aromatic carbocycles. The summed E-state index contributed by atoms with van der Waals surface area (Å²) in [7, 11) is 0. The first-order chi connectivity index (χ1) is 10.1. The number of thioether (sulfide) groups is 1. The zero-order chi connectivity index (χ0) is 15.2. The first kappa shape index (κ1) is 15.9. The lowest BCUT2D eigenvalue weighted by Crippen LogP contribution is -2.33. The van der Waals surface area contributed by atoms with E-state index in [2.05, 4.69) is 4.90 Å². The molecule has 0 saturated carbocycles. The maximum atomic E-state index is 12.0. The molecule has 0 bridgehead atoms. The molecule has 1 saturated heterocycles. The summed E-state index contributed by atoms with van der Waals surface area (Å²) in [5.74, 6) is 0.210. The number of nitrogens with zero attached hydrogens (tertiary/aromatic N) is 2. The Balaban J connectivity index is 1.86. The molecule has 1 aromatic rings. The third-order valence-electron chi connectivity index (χ3n) is 3.34. The number of rotatable bonds is 4. The number of hydrogen-bond acceptors (Lipinski definition) is 5. The van der Waals surface area contributed by atoms with Crippen molar-refractivity contribution in [3.63, 3.8) is 0 Å². The number of likely N-dealkylation sites (tertiary alicyclic amines) is 1. The summed E-state index contributed by atoms with van der Waals surface area (Å²) in [4.78, 5) is 24.3. The second kappa shape index (κ2) is 7.51. The zero-order valence-electron chi connectivity index (χ0n) is 11.5. The fourth-order valence-corrected chi connectivity index (χ4v) is 3.29. The van der Waals surface area contributed by atoms with Gasteiger partial charge in [0.15, 0.2) is 5.78 Å². The van der Waals surface area contributed by atoms with Crippen LogP contribution in [-0.2, 0) is 0 Å². The smallest absolute Gasteiger partial charge is 0.269 e. The molecule has 0 aromatic heterocycles. The molecule has 0 radical (unpaired) electrons. The van der Waals surface area contributed by atoms with Crippen LogP contribution in [0, 0.1) is 10.1 Å². The van der Waals surface area contributed by atoms with Crippen molar-refractivity contribution in [3.05, 3.63) is 39.9 Å². The van der Waals surface area contributed by atoms with Crippen LogP contribution in [0.2, 0.25) is 0 Å². The molecule has 0 spiro atoms. The van der Waals surface area contributed by atoms with Gasteiger partial charge >= 0.3 is 0 Å². The van der Waals surface area contributed by atoms with Crippen LogP contribution >= 0.6 is 24.0 Å². The second-order valence-electron chi connectivity index (χ2n) is 4.83. The fourth-order valence-electron chi connectivity index (χ4n) is 2.15. The van der Waals surface area contributed by atoms with Crippen molar-refractivity contribution < 1.29 is 9.72 Å². The number of ketones is 1. The molecule has 0 atom stereocenters. The number of nitro benzene ring substituents is 1. The molecule has 7 heteroatoms. The van der Waals surface area contributed by atoms with Gasteiger partial charge in [0.25, 0.3) is 5.69 Å². The van der Waals surface area contributed by atoms with Gasteiger partial charge in [-0.1, -0.05) is 24.0 Å². The summed E-state index contributed by atoms with van der Waals surface area (Å²) in [6.07, 6.45) is 3.54. The van der Waals surface area contributed by atoms with Crippen LogP contribution in [0.4, 0.5) is 5.69 Å². The van der Waals surface area contributed by atoms with Crippen molar-refractivity contribution in [2.24, 2.45) is 0 Å². The predicted octanol–water partition coefficient (Wildman–Crippen LogP) is 3.28. The third kappa shape index (κ3) is 4.50. The molecule has 1 fully saturated rings. The van der Waals surface area contributed by atoms with E-state index in [9.17, 15) is 14.9 Å². The molecule has 0 N–H and O–H groups in total. The molecule has 5 nitrogen and oxygen atoms in total. The lowest BCUT2D eigenvalue weighted by molar-refractivity contribution is -0.384. The molecule has 1 heterocycles. The van der Waals surface area contributed by atoms with Crippen LogP contribution in [-0.4, -0.2) is 38.8 Å². The molecule has 1 aliphatic heterocycles. The normalized spacial score (nSPS) is 14.8. The molecule has 2 rings (SSSR count). The number of carbonyl (C=O) groups is 1. The van der Waals surface area contributed by atoms with Crippen LogP contribution < -0.4 is 0 Å². The van der Waals surface area contributed by atoms with Gasteiger partial charge in [0, 0.05) is 30.8 Å². The molecule has 21 heavy (non-hydrogen) atoms. The van der Waals surface area contributed by atoms with Crippen molar-refractivity contribution in [2.45, 2.75) is 19.3 Å². The van der Waals surface area contributed by atoms with Gasteiger partial charge < -0.3 is 4.90 Å². The first-order valence-electron chi connectivity index (χ1n) is 6.77. The minimum absolute atomic E-state index is 0.0111. The van der Waals surface area contributed by atoms with Gasteiger partial charge in [-0.15, -0.1) is 0 Å². The molecule has 0 amide bonds. The third-order valence-corrected chi connectivity index (χ3v) is 4.86. The van der Waals surface area contributed by atoms with E-state index in [1.807, 2.05) is 0 Å². The Labute approximate surface area is 132 Å². The van der Waals surface area contributed by atoms with Gasteiger partial charge in [-0.3, -0.25) is 14.9 Å². The molecular weight excluding hydrogens is 308 g/mol. The highest BCUT2D eigenvalue weighted by molar-refractivity contribution is 8.23. The summed E-state index contributed by atoms with van der Waals surface area (Å²) in [6.45, 7) is 1.94. The first-order valence-corrected chi connectivity index (χ1v) is 8.16.